The van der Waals surface area contributed by atoms with Crippen LogP contribution in [-0.4, -0.2) is 9.55 Å². The Morgan fingerprint density at radius 2 is 1.24 bits per heavy atom. The van der Waals surface area contributed by atoms with Gasteiger partial charge in [0.15, 0.2) is 0 Å². The summed E-state index contributed by atoms with van der Waals surface area (Å²) in [7, 11) is 0. The molecule has 0 N–H and O–H groups in total. The van der Waals surface area contributed by atoms with Crippen molar-refractivity contribution >= 4 is 0 Å². The molecule has 4 aromatic rings. The Morgan fingerprint density at radius 1 is 0.640 bits per heavy atom. The van der Waals surface area contributed by atoms with E-state index in [0.717, 1.165) is 28.3 Å². The Morgan fingerprint density at radius 3 is 1.88 bits per heavy atom. The molecule has 1 heterocycles. The second kappa shape index (κ2) is 6.40. The topological polar surface area (TPSA) is 17.8 Å². The summed E-state index contributed by atoms with van der Waals surface area (Å²) >= 11 is 0. The van der Waals surface area contributed by atoms with Gasteiger partial charge in [-0.1, -0.05) is 77.9 Å². The molecule has 0 bridgehead atoms. The van der Waals surface area contributed by atoms with E-state index in [1.807, 2.05) is 6.07 Å². The molecule has 0 spiro atoms. The largest absolute Gasteiger partial charge is 0.299 e. The molecule has 0 aliphatic heterocycles. The van der Waals surface area contributed by atoms with E-state index in [1.54, 1.807) is 0 Å². The zero-order valence-corrected chi connectivity index (χ0v) is 14.5. The molecule has 0 unspecified atom stereocenters. The molecule has 2 heteroatoms. The molecular formula is C23H20N2. The Kier molecular flexibility index (Phi) is 3.95. The highest BCUT2D eigenvalue weighted by Crippen LogP contribution is 2.28. The summed E-state index contributed by atoms with van der Waals surface area (Å²) < 4.78 is 2.17. The van der Waals surface area contributed by atoms with Gasteiger partial charge in [-0.25, -0.2) is 4.98 Å². The maximum absolute atomic E-state index is 4.94. The first-order valence-corrected chi connectivity index (χ1v) is 8.49. The number of rotatable bonds is 3. The van der Waals surface area contributed by atoms with Crippen LogP contribution in [0.5, 0.6) is 0 Å². The maximum atomic E-state index is 4.94. The molecule has 25 heavy (non-hydrogen) atoms. The van der Waals surface area contributed by atoms with Crippen molar-refractivity contribution in [1.29, 1.82) is 0 Å². The lowest BCUT2D eigenvalue weighted by atomic mass is 10.1. The van der Waals surface area contributed by atoms with Crippen LogP contribution in [-0.2, 0) is 0 Å². The highest BCUT2D eigenvalue weighted by molar-refractivity contribution is 5.67. The van der Waals surface area contributed by atoms with Crippen molar-refractivity contribution in [3.8, 4) is 28.3 Å². The number of benzene rings is 3. The van der Waals surface area contributed by atoms with Crippen LogP contribution in [0.1, 0.15) is 11.1 Å². The van der Waals surface area contributed by atoms with Crippen molar-refractivity contribution < 1.29 is 0 Å². The Balaban J connectivity index is 1.89. The van der Waals surface area contributed by atoms with Crippen LogP contribution >= 0.6 is 0 Å². The quantitative estimate of drug-likeness (QED) is 0.464. The highest BCUT2D eigenvalue weighted by atomic mass is 15.1. The van der Waals surface area contributed by atoms with E-state index in [1.165, 1.54) is 11.1 Å². The zero-order valence-electron chi connectivity index (χ0n) is 14.5. The Labute approximate surface area is 148 Å². The number of hydrogen-bond acceptors (Lipinski definition) is 1. The Hall–Kier alpha value is -3.13. The molecule has 0 saturated carbocycles. The minimum absolute atomic E-state index is 0.958. The molecular weight excluding hydrogens is 304 g/mol. The van der Waals surface area contributed by atoms with Gasteiger partial charge in [-0.2, -0.15) is 0 Å². The van der Waals surface area contributed by atoms with Crippen LogP contribution in [0, 0.1) is 13.8 Å². The fourth-order valence-corrected chi connectivity index (χ4v) is 2.94. The van der Waals surface area contributed by atoms with Crippen LogP contribution in [0.15, 0.2) is 85.1 Å². The molecule has 0 radical (unpaired) electrons. The molecule has 0 amide bonds. The summed E-state index contributed by atoms with van der Waals surface area (Å²) in [6, 6.07) is 27.4. The lowest BCUT2D eigenvalue weighted by Gasteiger charge is -2.08. The molecule has 1 aromatic heterocycles. The van der Waals surface area contributed by atoms with Gasteiger partial charge in [-0.3, -0.25) is 4.57 Å². The number of aromatic nitrogens is 2. The summed E-state index contributed by atoms with van der Waals surface area (Å²) in [5, 5.41) is 0. The van der Waals surface area contributed by atoms with E-state index in [4.69, 9.17) is 4.98 Å². The summed E-state index contributed by atoms with van der Waals surface area (Å²) in [6.07, 6.45) is 2.12. The van der Waals surface area contributed by atoms with Crippen molar-refractivity contribution in [2.45, 2.75) is 13.8 Å². The van der Waals surface area contributed by atoms with Crippen LogP contribution in [0.3, 0.4) is 0 Å². The fourth-order valence-electron chi connectivity index (χ4n) is 2.94. The highest BCUT2D eigenvalue weighted by Gasteiger charge is 2.12. The second-order valence-electron chi connectivity index (χ2n) is 6.39. The van der Waals surface area contributed by atoms with Gasteiger partial charge in [0.2, 0.25) is 0 Å². The monoisotopic (exact) mass is 324 g/mol. The average molecular weight is 324 g/mol. The van der Waals surface area contributed by atoms with E-state index in [2.05, 4.69) is 97.4 Å². The van der Waals surface area contributed by atoms with Crippen molar-refractivity contribution in [3.05, 3.63) is 96.2 Å². The molecule has 4 rings (SSSR count). The normalized spacial score (nSPS) is 10.8. The third-order valence-electron chi connectivity index (χ3n) is 4.40. The van der Waals surface area contributed by atoms with Gasteiger partial charge in [0, 0.05) is 23.0 Å². The minimum atomic E-state index is 0.958. The SMILES string of the molecule is Cc1ccc(-c2cn(-c3ccc(C)cc3)c(-c3ccccc3)n2)cc1. The average Bonchev–Trinajstić information content (AvgIpc) is 3.09. The number of aryl methyl sites for hydroxylation is 2. The van der Waals surface area contributed by atoms with E-state index in [-0.39, 0.29) is 0 Å². The standard InChI is InChI=1S/C23H20N2/c1-17-8-12-19(13-9-17)22-16-25(21-14-10-18(2)11-15-21)23(24-22)20-6-4-3-5-7-20/h3-16H,1-2H3. The van der Waals surface area contributed by atoms with E-state index < -0.39 is 0 Å². The lowest BCUT2D eigenvalue weighted by molar-refractivity contribution is 1.07. The van der Waals surface area contributed by atoms with Crippen LogP contribution in [0.25, 0.3) is 28.3 Å². The third kappa shape index (κ3) is 3.11. The summed E-state index contributed by atoms with van der Waals surface area (Å²) in [4.78, 5) is 4.94. The fraction of sp³-hybridized carbons (Fsp3) is 0.0870. The van der Waals surface area contributed by atoms with Gasteiger partial charge in [0.25, 0.3) is 0 Å². The lowest BCUT2D eigenvalue weighted by Crippen LogP contribution is -1.95. The first-order valence-electron chi connectivity index (χ1n) is 8.49. The van der Waals surface area contributed by atoms with Crippen molar-refractivity contribution in [1.82, 2.24) is 9.55 Å². The van der Waals surface area contributed by atoms with Crippen LogP contribution in [0.2, 0.25) is 0 Å². The number of imidazole rings is 1. The first kappa shape index (κ1) is 15.4. The molecule has 0 aliphatic rings. The Bertz CT molecular complexity index is 979. The third-order valence-corrected chi connectivity index (χ3v) is 4.40. The summed E-state index contributed by atoms with van der Waals surface area (Å²) in [6.45, 7) is 4.21. The molecule has 3 aromatic carbocycles. The van der Waals surface area contributed by atoms with Crippen molar-refractivity contribution in [2.75, 3.05) is 0 Å². The van der Waals surface area contributed by atoms with E-state index in [0.29, 0.717) is 0 Å². The summed E-state index contributed by atoms with van der Waals surface area (Å²) in [5.74, 6) is 0.958. The van der Waals surface area contributed by atoms with Gasteiger partial charge >= 0.3 is 0 Å². The number of hydrogen-bond donors (Lipinski definition) is 0. The first-order chi connectivity index (χ1) is 12.2. The van der Waals surface area contributed by atoms with Crippen LogP contribution in [0.4, 0.5) is 0 Å². The molecule has 2 nitrogen and oxygen atoms in total. The zero-order chi connectivity index (χ0) is 17.2. The minimum Gasteiger partial charge on any atom is -0.299 e. The van der Waals surface area contributed by atoms with Gasteiger partial charge in [-0.05, 0) is 26.0 Å². The molecule has 0 aliphatic carbocycles. The van der Waals surface area contributed by atoms with E-state index >= 15 is 0 Å². The van der Waals surface area contributed by atoms with Gasteiger partial charge < -0.3 is 0 Å². The molecule has 0 atom stereocenters. The van der Waals surface area contributed by atoms with Crippen molar-refractivity contribution in [2.24, 2.45) is 0 Å². The number of nitrogens with zero attached hydrogens (tertiary/aromatic N) is 2. The maximum Gasteiger partial charge on any atom is 0.145 e. The van der Waals surface area contributed by atoms with Gasteiger partial charge in [0.05, 0.1) is 5.69 Å². The molecule has 0 saturated heterocycles. The molecule has 122 valence electrons. The predicted octanol–water partition coefficient (Wildman–Crippen LogP) is 5.82. The van der Waals surface area contributed by atoms with E-state index in [9.17, 15) is 0 Å². The van der Waals surface area contributed by atoms with Gasteiger partial charge in [-0.15, -0.1) is 0 Å². The van der Waals surface area contributed by atoms with Crippen molar-refractivity contribution in [3.63, 3.8) is 0 Å². The smallest absolute Gasteiger partial charge is 0.145 e. The molecule has 0 fully saturated rings. The van der Waals surface area contributed by atoms with Gasteiger partial charge in [0.1, 0.15) is 5.82 Å². The summed E-state index contributed by atoms with van der Waals surface area (Å²) in [5.41, 5.74) is 6.86. The van der Waals surface area contributed by atoms with Crippen LogP contribution < -0.4 is 0 Å². The predicted molar refractivity (Wildman–Crippen MR) is 104 cm³/mol. The second-order valence-corrected chi connectivity index (χ2v) is 6.39.